The van der Waals surface area contributed by atoms with Gasteiger partial charge >= 0.3 is 0 Å². The highest BCUT2D eigenvalue weighted by molar-refractivity contribution is 4.94. The molecule has 0 aromatic heterocycles. The van der Waals surface area contributed by atoms with Gasteiger partial charge in [-0.3, -0.25) is 4.90 Å². The minimum atomic E-state index is 0.453. The van der Waals surface area contributed by atoms with Gasteiger partial charge in [-0.2, -0.15) is 0 Å². The Morgan fingerprint density at radius 1 is 0.667 bits per heavy atom. The molecular formula is C16H30N2. The Morgan fingerprint density at radius 2 is 1.33 bits per heavy atom. The van der Waals surface area contributed by atoms with Crippen molar-refractivity contribution in [2.45, 2.75) is 88.8 Å². The molecule has 0 aromatic carbocycles. The smallest absolute Gasteiger partial charge is 0.0250 e. The average Bonchev–Trinajstić information content (AvgIpc) is 3.00. The molecule has 1 heterocycles. The molecule has 0 spiro atoms. The van der Waals surface area contributed by atoms with Crippen LogP contribution in [-0.2, 0) is 0 Å². The van der Waals surface area contributed by atoms with E-state index in [4.69, 9.17) is 5.73 Å². The fraction of sp³-hybridized carbons (Fsp3) is 1.00. The lowest BCUT2D eigenvalue weighted by Gasteiger charge is -2.38. The summed E-state index contributed by atoms with van der Waals surface area (Å²) in [5.41, 5.74) is 6.48. The van der Waals surface area contributed by atoms with Gasteiger partial charge < -0.3 is 5.73 Å². The summed E-state index contributed by atoms with van der Waals surface area (Å²) in [6.07, 6.45) is 15.6. The van der Waals surface area contributed by atoms with Crippen LogP contribution in [0.1, 0.15) is 70.6 Å². The molecule has 3 atom stereocenters. The quantitative estimate of drug-likeness (QED) is 0.762. The fourth-order valence-corrected chi connectivity index (χ4v) is 4.80. The summed E-state index contributed by atoms with van der Waals surface area (Å²) in [7, 11) is 0. The Balaban J connectivity index is 1.68. The minimum absolute atomic E-state index is 0.453. The maximum Gasteiger partial charge on any atom is 0.0250 e. The molecule has 3 unspecified atom stereocenters. The molecular weight excluding hydrogens is 220 g/mol. The Kier molecular flexibility index (Phi) is 4.25. The Hall–Kier alpha value is -0.0800. The Morgan fingerprint density at radius 3 is 2.17 bits per heavy atom. The van der Waals surface area contributed by atoms with Crippen LogP contribution in [-0.4, -0.2) is 29.6 Å². The van der Waals surface area contributed by atoms with E-state index in [-0.39, 0.29) is 0 Å². The van der Waals surface area contributed by atoms with E-state index in [1.54, 1.807) is 0 Å². The van der Waals surface area contributed by atoms with Crippen LogP contribution in [0.4, 0.5) is 0 Å². The monoisotopic (exact) mass is 250 g/mol. The summed E-state index contributed by atoms with van der Waals surface area (Å²) in [6, 6.07) is 2.05. The first-order valence-electron chi connectivity index (χ1n) is 8.37. The van der Waals surface area contributed by atoms with Crippen molar-refractivity contribution in [3.63, 3.8) is 0 Å². The second-order valence-corrected chi connectivity index (χ2v) is 6.86. The van der Waals surface area contributed by atoms with Gasteiger partial charge in [0.05, 0.1) is 0 Å². The first-order valence-corrected chi connectivity index (χ1v) is 8.37. The summed E-state index contributed by atoms with van der Waals surface area (Å²) in [5.74, 6) is 1.00. The largest absolute Gasteiger partial charge is 0.326 e. The number of likely N-dealkylation sites (tertiary alicyclic amines) is 1. The van der Waals surface area contributed by atoms with Crippen molar-refractivity contribution in [3.8, 4) is 0 Å². The van der Waals surface area contributed by atoms with Crippen molar-refractivity contribution in [3.05, 3.63) is 0 Å². The number of rotatable bonds is 2. The molecule has 3 fully saturated rings. The molecule has 1 aliphatic heterocycles. The van der Waals surface area contributed by atoms with Crippen molar-refractivity contribution in [1.29, 1.82) is 0 Å². The molecule has 0 bridgehead atoms. The topological polar surface area (TPSA) is 29.3 Å². The first kappa shape index (κ1) is 12.9. The zero-order valence-corrected chi connectivity index (χ0v) is 11.8. The van der Waals surface area contributed by atoms with Crippen molar-refractivity contribution in [1.82, 2.24) is 4.90 Å². The van der Waals surface area contributed by atoms with Crippen LogP contribution in [0.2, 0.25) is 0 Å². The second kappa shape index (κ2) is 5.92. The van der Waals surface area contributed by atoms with E-state index in [9.17, 15) is 0 Å². The second-order valence-electron chi connectivity index (χ2n) is 6.86. The summed E-state index contributed by atoms with van der Waals surface area (Å²) >= 11 is 0. The van der Waals surface area contributed by atoms with Gasteiger partial charge in [0.15, 0.2) is 0 Å². The predicted octanol–water partition coefficient (Wildman–Crippen LogP) is 3.30. The molecule has 0 amide bonds. The summed E-state index contributed by atoms with van der Waals surface area (Å²) in [5, 5.41) is 0. The van der Waals surface area contributed by atoms with Gasteiger partial charge in [-0.1, -0.05) is 32.1 Å². The van der Waals surface area contributed by atoms with Crippen molar-refractivity contribution in [2.24, 2.45) is 11.7 Å². The van der Waals surface area contributed by atoms with Gasteiger partial charge in [-0.15, -0.1) is 0 Å². The zero-order chi connectivity index (χ0) is 12.4. The SMILES string of the molecule is NC1CCCCCC1N1CCCC1C1CCCC1. The van der Waals surface area contributed by atoms with E-state index in [0.717, 1.165) is 12.0 Å². The highest BCUT2D eigenvalue weighted by Crippen LogP contribution is 2.38. The van der Waals surface area contributed by atoms with Crippen molar-refractivity contribution >= 4 is 0 Å². The van der Waals surface area contributed by atoms with Gasteiger partial charge in [0.25, 0.3) is 0 Å². The molecule has 0 radical (unpaired) electrons. The summed E-state index contributed by atoms with van der Waals surface area (Å²) < 4.78 is 0. The number of nitrogens with two attached hydrogens (primary N) is 1. The number of hydrogen-bond donors (Lipinski definition) is 1. The minimum Gasteiger partial charge on any atom is -0.326 e. The molecule has 1 saturated heterocycles. The lowest BCUT2D eigenvalue weighted by Crippen LogP contribution is -2.50. The fourth-order valence-electron chi connectivity index (χ4n) is 4.80. The molecule has 18 heavy (non-hydrogen) atoms. The normalized spacial score (nSPS) is 40.2. The van der Waals surface area contributed by atoms with Crippen LogP contribution in [0.5, 0.6) is 0 Å². The van der Waals surface area contributed by atoms with E-state index in [1.165, 1.54) is 77.2 Å². The third kappa shape index (κ3) is 2.60. The van der Waals surface area contributed by atoms with Gasteiger partial charge in [0, 0.05) is 18.1 Å². The van der Waals surface area contributed by atoms with Crippen LogP contribution < -0.4 is 5.73 Å². The highest BCUT2D eigenvalue weighted by atomic mass is 15.2. The van der Waals surface area contributed by atoms with Gasteiger partial charge in [0.1, 0.15) is 0 Å². The zero-order valence-electron chi connectivity index (χ0n) is 11.8. The first-order chi connectivity index (χ1) is 8.86. The summed E-state index contributed by atoms with van der Waals surface area (Å²) in [4.78, 5) is 2.85. The van der Waals surface area contributed by atoms with Crippen LogP contribution >= 0.6 is 0 Å². The van der Waals surface area contributed by atoms with Gasteiger partial charge in [-0.05, 0) is 51.0 Å². The van der Waals surface area contributed by atoms with Gasteiger partial charge in [-0.25, -0.2) is 0 Å². The molecule has 2 saturated carbocycles. The number of nitrogens with zero attached hydrogens (tertiary/aromatic N) is 1. The molecule has 3 aliphatic rings. The molecule has 2 nitrogen and oxygen atoms in total. The van der Waals surface area contributed by atoms with Crippen molar-refractivity contribution in [2.75, 3.05) is 6.54 Å². The maximum absolute atomic E-state index is 6.48. The Bertz CT molecular complexity index is 260. The third-order valence-corrected chi connectivity index (χ3v) is 5.74. The average molecular weight is 250 g/mol. The number of hydrogen-bond acceptors (Lipinski definition) is 2. The Labute approximate surface area is 112 Å². The van der Waals surface area contributed by atoms with E-state index in [2.05, 4.69) is 4.90 Å². The molecule has 2 aliphatic carbocycles. The van der Waals surface area contributed by atoms with Crippen molar-refractivity contribution < 1.29 is 0 Å². The molecule has 2 N–H and O–H groups in total. The molecule has 3 rings (SSSR count). The standard InChI is InChI=1S/C16H30N2/c17-14-9-2-1-3-10-16(14)18-12-6-11-15(18)13-7-4-5-8-13/h13-16H,1-12,17H2. The van der Waals surface area contributed by atoms with Crippen LogP contribution in [0.15, 0.2) is 0 Å². The van der Waals surface area contributed by atoms with E-state index < -0.39 is 0 Å². The maximum atomic E-state index is 6.48. The lowest BCUT2D eigenvalue weighted by atomic mass is 9.93. The van der Waals surface area contributed by atoms with Crippen LogP contribution in [0, 0.1) is 5.92 Å². The molecule has 0 aromatic rings. The van der Waals surface area contributed by atoms with Gasteiger partial charge in [0.2, 0.25) is 0 Å². The predicted molar refractivity (Wildman–Crippen MR) is 76.5 cm³/mol. The molecule has 2 heteroatoms. The van der Waals surface area contributed by atoms with Crippen LogP contribution in [0.25, 0.3) is 0 Å². The third-order valence-electron chi connectivity index (χ3n) is 5.74. The van der Waals surface area contributed by atoms with E-state index in [0.29, 0.717) is 12.1 Å². The molecule has 104 valence electrons. The van der Waals surface area contributed by atoms with E-state index >= 15 is 0 Å². The lowest BCUT2D eigenvalue weighted by molar-refractivity contribution is 0.111. The summed E-state index contributed by atoms with van der Waals surface area (Å²) in [6.45, 7) is 1.33. The highest BCUT2D eigenvalue weighted by Gasteiger charge is 2.38. The van der Waals surface area contributed by atoms with E-state index in [1.807, 2.05) is 0 Å². The van der Waals surface area contributed by atoms with Crippen LogP contribution in [0.3, 0.4) is 0 Å².